The summed E-state index contributed by atoms with van der Waals surface area (Å²) in [6.45, 7) is 46.2. The number of aliphatic hydroxyl groups excluding tert-OH is 3. The average molecular weight is 2170 g/mol. The van der Waals surface area contributed by atoms with Crippen molar-refractivity contribution in [2.24, 2.45) is 39.9 Å². The van der Waals surface area contributed by atoms with Crippen molar-refractivity contribution in [1.82, 2.24) is 9.80 Å². The van der Waals surface area contributed by atoms with Crippen LogP contribution >= 0.6 is 156 Å². The van der Waals surface area contributed by atoms with Crippen molar-refractivity contribution >= 4 is 208 Å². The fourth-order valence-electron chi connectivity index (χ4n) is 9.40. The van der Waals surface area contributed by atoms with Crippen LogP contribution < -0.4 is 0 Å². The molecule has 3 N–H and O–H groups in total. The van der Waals surface area contributed by atoms with Gasteiger partial charge in [-0.25, -0.2) is 0 Å². The molecule has 4 fully saturated rings. The van der Waals surface area contributed by atoms with Gasteiger partial charge in [0.15, 0.2) is 5.44 Å². The van der Waals surface area contributed by atoms with Gasteiger partial charge in [-0.05, 0) is 172 Å². The predicted octanol–water partition coefficient (Wildman–Crippen LogP) is 17.8. The van der Waals surface area contributed by atoms with Gasteiger partial charge in [0.1, 0.15) is 49.7 Å². The van der Waals surface area contributed by atoms with Crippen LogP contribution in [-0.2, 0) is 100.0 Å². The van der Waals surface area contributed by atoms with E-state index in [0.29, 0.717) is 32.7 Å². The molecule has 0 aromatic carbocycles. The number of carbonyl (C=O) groups is 7. The minimum absolute atomic E-state index is 0.0144. The van der Waals surface area contributed by atoms with Gasteiger partial charge in [-0.1, -0.05) is 170 Å². The Hall–Kier alpha value is -1.43. The lowest BCUT2D eigenvalue weighted by Gasteiger charge is -2.43. The average Bonchev–Trinajstić information content (AvgIpc) is 0.810. The van der Waals surface area contributed by atoms with E-state index < -0.39 is 32.1 Å². The molecule has 784 valence electrons. The van der Waals surface area contributed by atoms with Crippen LogP contribution in [-0.4, -0.2) is 311 Å². The first-order valence-electron chi connectivity index (χ1n) is 47.9. The Kier molecular flexibility index (Phi) is 96.8. The summed E-state index contributed by atoms with van der Waals surface area (Å²) in [5.74, 6) is 6.48. The Morgan fingerprint density at radius 1 is 0.466 bits per heavy atom. The third-order valence-corrected chi connectivity index (χ3v) is 24.6. The Morgan fingerprint density at radius 2 is 0.857 bits per heavy atom. The molecule has 0 radical (unpaired) electrons. The Labute approximate surface area is 877 Å². The number of thiol groups is 9. The highest BCUT2D eigenvalue weighted by Crippen LogP contribution is 2.42. The SMILES string of the molecule is CC(=O)OCC1O[C@@H](S)C(OC(C)=O)[C@@H](C)[C@@H]1C.CC/C=C\COC(=O)C(C)(C)C.CC/C=C\COS(C)(=O)=O.OC/C=C\CO.SCCN1CCOCC1.[3H]C(S)C/C=C\CSS[C@@H]1OC(COC(C)=O)[C@@H](C)[C@H](C)C1OC(C)=O.[3H]SCC/C=C\CC([3H])S.[3H]SCC/C=C\COC(=O)C(C)(C)C.[3H]SCC/C=C\CSSCCN1CCOCC1.[3H]SCCCO.[3H]SCCCOC(=O)C(C)(C)C. The number of hydrogen-bond donors (Lipinski definition) is 12. The molecule has 133 heavy (non-hydrogen) atoms. The van der Waals surface area contributed by atoms with Crippen molar-refractivity contribution in [3.8, 4) is 0 Å². The number of morpholine rings is 2. The van der Waals surface area contributed by atoms with Gasteiger partial charge in [-0.15, -0.1) is 12.6 Å². The van der Waals surface area contributed by atoms with Gasteiger partial charge in [0.25, 0.3) is 10.1 Å². The minimum Gasteiger partial charge on any atom is -0.465 e. The summed E-state index contributed by atoms with van der Waals surface area (Å²) in [5, 5.41) is 24.1. The van der Waals surface area contributed by atoms with Crippen LogP contribution in [0.3, 0.4) is 0 Å². The van der Waals surface area contributed by atoms with E-state index in [-0.39, 0.29) is 146 Å². The van der Waals surface area contributed by atoms with Crippen molar-refractivity contribution in [2.45, 2.75) is 225 Å². The number of hydrogen-bond acceptors (Lipinski definition) is 39. The molecule has 0 saturated carbocycles. The maximum absolute atomic E-state index is 11.5. The summed E-state index contributed by atoms with van der Waals surface area (Å²) in [7, 11) is 3.71. The van der Waals surface area contributed by atoms with Crippen molar-refractivity contribution < 1.29 is 116 Å². The number of esters is 7. The lowest BCUT2D eigenvalue weighted by Crippen LogP contribution is -2.51. The zero-order valence-corrected chi connectivity index (χ0v) is 94.6. The third kappa shape index (κ3) is 100. The van der Waals surface area contributed by atoms with Gasteiger partial charge in [-0.3, -0.25) is 47.5 Å². The molecule has 4 saturated heterocycles. The molecule has 0 aromatic heterocycles. The molecule has 0 spiro atoms. The van der Waals surface area contributed by atoms with E-state index in [1.807, 2.05) is 180 Å². The highest BCUT2D eigenvalue weighted by Gasteiger charge is 2.45. The molecule has 12 atom stereocenters. The third-order valence-electron chi connectivity index (χ3n) is 17.1. The molecule has 0 aromatic rings. The Balaban J connectivity index is -0.000000285. The lowest BCUT2D eigenvalue weighted by atomic mass is 9.84. The Morgan fingerprint density at radius 3 is 1.26 bits per heavy atom. The molecule has 4 rings (SSSR count). The second-order valence-corrected chi connectivity index (χ2v) is 42.6. The molecule has 0 bridgehead atoms. The van der Waals surface area contributed by atoms with Crippen molar-refractivity contribution in [3.05, 3.63) is 85.1 Å². The monoisotopic (exact) mass is 2160 g/mol. The summed E-state index contributed by atoms with van der Waals surface area (Å²) in [6, 6.07) is 0. The number of rotatable bonds is 49. The fourth-order valence-corrected chi connectivity index (χ4v) is 15.6. The zero-order valence-electron chi connectivity index (χ0n) is 89.9. The number of carbonyl (C=O) groups excluding carboxylic acids is 7. The van der Waals surface area contributed by atoms with Crippen LogP contribution in [0.2, 0.25) is 0 Å². The molecule has 0 amide bonds. The second kappa shape index (κ2) is 99.3. The van der Waals surface area contributed by atoms with Gasteiger partial charge in [0.2, 0.25) is 0 Å². The summed E-state index contributed by atoms with van der Waals surface area (Å²) >= 11 is 21.7. The van der Waals surface area contributed by atoms with Crippen molar-refractivity contribution in [2.75, 3.05) is 195 Å². The van der Waals surface area contributed by atoms with Crippen LogP contribution in [0.1, 0.15) is 192 Å². The van der Waals surface area contributed by atoms with Gasteiger partial charge in [0, 0.05) is 111 Å². The molecule has 6 unspecified atom stereocenters. The number of allylic oxidation sites excluding steroid dienone is 7. The molecule has 40 heteroatoms. The van der Waals surface area contributed by atoms with Crippen LogP contribution in [0.25, 0.3) is 0 Å². The zero-order chi connectivity index (χ0) is 108. The first kappa shape index (κ1) is 130. The highest BCUT2D eigenvalue weighted by molar-refractivity contribution is 8.77. The van der Waals surface area contributed by atoms with Gasteiger partial charge in [0.05, 0.1) is 87.6 Å². The topological polar surface area (TPSA) is 332 Å². The maximum Gasteiger partial charge on any atom is 0.311 e. The largest absolute Gasteiger partial charge is 0.465 e. The van der Waals surface area contributed by atoms with E-state index in [2.05, 4.69) is 76.7 Å². The number of nitrogens with zero attached hydrogens (tertiary/aromatic N) is 2. The fraction of sp³-hybridized carbons (Fsp3) is 0.774. The first-order chi connectivity index (χ1) is 66.0. The predicted molar refractivity (Wildman–Crippen MR) is 588 cm³/mol. The molecular formula is C93H174N2O24S14. The van der Waals surface area contributed by atoms with Gasteiger partial charge < -0.3 is 67.4 Å². The second-order valence-electron chi connectivity index (χ2n) is 32.1. The van der Waals surface area contributed by atoms with E-state index in [1.54, 1.807) is 16.9 Å². The summed E-state index contributed by atoms with van der Waals surface area (Å²) in [6.07, 6.45) is 33.7. The quantitative estimate of drug-likeness (QED) is 0.00512. The summed E-state index contributed by atoms with van der Waals surface area (Å²) in [5.41, 5.74) is -2.75. The van der Waals surface area contributed by atoms with Gasteiger partial charge >= 0.3 is 41.8 Å². The van der Waals surface area contributed by atoms with Crippen LogP contribution in [0.15, 0.2) is 85.1 Å². The smallest absolute Gasteiger partial charge is 0.311 e. The number of aliphatic hydroxyl groups is 3. The van der Waals surface area contributed by atoms with Crippen LogP contribution in [0.4, 0.5) is 0 Å². The van der Waals surface area contributed by atoms with Crippen molar-refractivity contribution in [3.63, 3.8) is 0 Å². The lowest BCUT2D eigenvalue weighted by molar-refractivity contribution is -0.185. The molecule has 0 aliphatic carbocycles. The van der Waals surface area contributed by atoms with Crippen molar-refractivity contribution in [1.29, 1.82) is 5.62 Å². The number of ether oxygens (including phenoxy) is 11. The van der Waals surface area contributed by atoms with E-state index in [0.717, 1.165) is 219 Å². The molecule has 26 nitrogen and oxygen atoms in total. The first-order valence-corrected chi connectivity index (χ1v) is 56.5. The standard InChI is InChI=1S/C17H28O5S3.C12H20O5S.C11H21NOS3.C10H18O2S.C10H18O2.C8H16O2S.C6H13NOS.C6H12O3S.C6H12S2.C4H8O2.C3H8OS/c1-11-12(2)16(21-14(4)19)17(22-15(11)10-20-13(3)18)25-24-9-7-5-6-8-23;1-6-7(2)11(16-9(4)14)12(18)17-10(6)5-15-8(3)13;14-9-2-1-3-10-15-16-11-6-12-4-7-13-8-5-12;1-10(2,3)9(11)12-7-5-4-6-8-13;1-5-6-7-8-12-9(11)10(2,3)4;1-8(2,3)7(9)10-5-4-6-11;9-6-3-7-1-4-8-5-2-7;1-3-4-5-6-9-10(2,7)8;7-5-3-1-2-4-6-8;5-3-1-2-4-6;4-2-1-3-5/h5,7,11-12,15-17,23H,6,8-10H2,1-4H3;6-7,10-12,18H,5H2,1-4H3;1,3,14H,2,4-11H2;4-5,13H,6-8H2,1-3H3;6-7H,5,8H2,1-4H3;11H,4-6H2,1-3H3;9H,1-6H2;4-5H,3,6H2,1-2H3;1-2,7-8H,3-6H2;1-2,5-6H,3-4H2;4-5H,1-3H2/b7-5-;;3-1-;5-4-;7-6-;;;5-4-;2*2-1-;/t11-,12-,15?,16?,17-;6-,7-,10?,11?,12-;;;;;;;;;/m00........./s1/i8T;;;;;;;;5T;;/hT5/t8?,11-,12-,15?,16?,17-;m;;;;;;;;;. The highest BCUT2D eigenvalue weighted by atomic mass is 33.1. The van der Waals surface area contributed by atoms with E-state index in [9.17, 15) is 42.0 Å². The summed E-state index contributed by atoms with van der Waals surface area (Å²) in [4.78, 5) is 82.8. The maximum atomic E-state index is 11.5. The molecular weight excluding hydrogens is 1980 g/mol. The Bertz CT molecular complexity index is 3300. The molecule has 4 heterocycles. The van der Waals surface area contributed by atoms with E-state index in [4.69, 9.17) is 75.8 Å². The molecule has 4 aliphatic heterocycles. The summed E-state index contributed by atoms with van der Waals surface area (Å²) < 4.78 is 131. The normalized spacial score (nSPS) is 20.9. The van der Waals surface area contributed by atoms with Crippen LogP contribution in [0, 0.1) is 39.9 Å². The van der Waals surface area contributed by atoms with E-state index >= 15 is 0 Å². The minimum atomic E-state index is -3.26. The van der Waals surface area contributed by atoms with E-state index in [1.165, 1.54) is 62.9 Å². The molecule has 4 aliphatic rings. The van der Waals surface area contributed by atoms with Gasteiger partial charge in [-0.2, -0.15) is 109 Å². The van der Waals surface area contributed by atoms with Crippen LogP contribution in [0.5, 0.6) is 0 Å².